The number of hydrogen-bond acceptors (Lipinski definition) is 8. The minimum Gasteiger partial charge on any atom is -0.421 e. The third-order valence-corrected chi connectivity index (χ3v) is 11.5. The highest BCUT2D eigenvalue weighted by molar-refractivity contribution is 8.13. The Kier molecular flexibility index (Phi) is 17.7. The van der Waals surface area contributed by atoms with Crippen LogP contribution in [0.2, 0.25) is 0 Å². The number of nitrogens with zero attached hydrogens (tertiary/aromatic N) is 4. The largest absolute Gasteiger partial charge is 0.480 e. The van der Waals surface area contributed by atoms with Crippen molar-refractivity contribution in [2.75, 3.05) is 53.9 Å². The van der Waals surface area contributed by atoms with E-state index in [9.17, 15) is 86.4 Å². The fourth-order valence-electron chi connectivity index (χ4n) is 3.70. The van der Waals surface area contributed by atoms with Gasteiger partial charge in [0.25, 0.3) is 0 Å². The number of unbranched alkanes of at least 4 members (excludes halogenated alkanes) is 3. The van der Waals surface area contributed by atoms with Gasteiger partial charge in [0, 0.05) is 12.8 Å². The van der Waals surface area contributed by atoms with Crippen LogP contribution in [0.25, 0.3) is 8.25 Å². The number of hydrogen-bond donors (Lipinski definition) is 0. The molecule has 0 aliphatic carbocycles. The summed E-state index contributed by atoms with van der Waals surface area (Å²) in [6, 6.07) is 0. The topological polar surface area (TPSA) is 165 Å². The Hall–Kier alpha value is -1.20. The first kappa shape index (κ1) is 48.9. The molecule has 0 atom stereocenters. The second-order valence-corrected chi connectivity index (χ2v) is 18.0. The van der Waals surface area contributed by atoms with Crippen molar-refractivity contribution >= 4 is 40.1 Å². The first-order chi connectivity index (χ1) is 20.9. The summed E-state index contributed by atoms with van der Waals surface area (Å²) >= 11 is 0. The van der Waals surface area contributed by atoms with Crippen LogP contribution in [-0.4, -0.2) is 119 Å². The van der Waals surface area contributed by atoms with Crippen molar-refractivity contribution in [1.82, 2.24) is 0 Å². The van der Waals surface area contributed by atoms with Gasteiger partial charge in [0.05, 0.1) is 53.9 Å². The van der Waals surface area contributed by atoms with E-state index in [-0.39, 0.29) is 0 Å². The lowest BCUT2D eigenvalue weighted by atomic mass is 10.2. The molecule has 0 bridgehead atoms. The molecule has 0 spiro atoms. The van der Waals surface area contributed by atoms with Gasteiger partial charge in [0.2, 0.25) is 0 Å². The van der Waals surface area contributed by atoms with Gasteiger partial charge in [0.1, 0.15) is 0 Å². The molecule has 0 saturated carbocycles. The number of quaternary nitrogens is 2. The van der Waals surface area contributed by atoms with Crippen molar-refractivity contribution in [2.24, 2.45) is 0 Å². The molecule has 0 N–H and O–H groups in total. The summed E-state index contributed by atoms with van der Waals surface area (Å²) in [4.78, 5) is 0. The van der Waals surface area contributed by atoms with Crippen molar-refractivity contribution in [3.63, 3.8) is 0 Å². The van der Waals surface area contributed by atoms with Crippen LogP contribution in [0.3, 0.4) is 0 Å². The van der Waals surface area contributed by atoms with E-state index in [1.54, 1.807) is 0 Å². The van der Waals surface area contributed by atoms with Crippen LogP contribution in [0.4, 0.5) is 52.7 Å². The van der Waals surface area contributed by atoms with Crippen LogP contribution >= 0.6 is 0 Å². The van der Waals surface area contributed by atoms with E-state index in [0.29, 0.717) is 0 Å². The molecule has 0 unspecified atom stereocenters. The molecule has 12 nitrogen and oxygen atoms in total. The number of sulfonamides is 4. The Morgan fingerprint density at radius 2 is 0.812 bits per heavy atom. The maximum absolute atomic E-state index is 11.4. The zero-order valence-electron chi connectivity index (χ0n) is 25.7. The van der Waals surface area contributed by atoms with E-state index in [4.69, 9.17) is 0 Å². The molecule has 1 heterocycles. The highest BCUT2D eigenvalue weighted by atomic mass is 32.3. The van der Waals surface area contributed by atoms with Crippen LogP contribution in [0.1, 0.15) is 51.9 Å². The number of rotatable bonds is 13. The number of alkyl halides is 12. The summed E-state index contributed by atoms with van der Waals surface area (Å²) in [5, 5.41) is 0. The molecule has 1 rings (SSSR count). The van der Waals surface area contributed by atoms with E-state index in [1.165, 1.54) is 82.2 Å². The highest BCUT2D eigenvalue weighted by Gasteiger charge is 2.48. The summed E-state index contributed by atoms with van der Waals surface area (Å²) in [6.45, 7) is 9.50. The van der Waals surface area contributed by atoms with Gasteiger partial charge in [-0.15, -0.1) is 0 Å². The minimum atomic E-state index is -6.72. The average molecular weight is 817 g/mol. The molecule has 0 aromatic heterocycles. The molecule has 1 aliphatic heterocycles. The van der Waals surface area contributed by atoms with Gasteiger partial charge in [-0.2, -0.15) is 52.7 Å². The molecule has 1 aliphatic rings. The maximum Gasteiger partial charge on any atom is 0.480 e. The quantitative estimate of drug-likeness (QED) is 0.136. The second-order valence-electron chi connectivity index (χ2n) is 11.2. The van der Waals surface area contributed by atoms with E-state index in [2.05, 4.69) is 28.1 Å². The first-order valence-electron chi connectivity index (χ1n) is 13.3. The number of halogens is 12. The van der Waals surface area contributed by atoms with Crippen molar-refractivity contribution in [1.29, 1.82) is 0 Å². The molecule has 292 valence electrons. The van der Waals surface area contributed by atoms with Gasteiger partial charge in [-0.3, -0.25) is 0 Å². The summed E-state index contributed by atoms with van der Waals surface area (Å²) < 4.78 is 221. The first-order valence-corrected chi connectivity index (χ1v) is 19.0. The third kappa shape index (κ3) is 17.1. The summed E-state index contributed by atoms with van der Waals surface area (Å²) in [5.74, 6) is 0. The zero-order valence-corrected chi connectivity index (χ0v) is 29.0. The Morgan fingerprint density at radius 1 is 0.521 bits per heavy atom. The Morgan fingerprint density at radius 3 is 1.06 bits per heavy atom. The highest BCUT2D eigenvalue weighted by Crippen LogP contribution is 2.37. The minimum absolute atomic E-state index is 0.778. The molecular formula is C20H36F12N4O8S4. The molecule has 0 aromatic carbocycles. The monoisotopic (exact) mass is 816 g/mol. The lowest BCUT2D eigenvalue weighted by molar-refractivity contribution is -0.917. The third-order valence-electron chi connectivity index (χ3n) is 6.02. The molecule has 0 aromatic rings. The smallest absolute Gasteiger partial charge is 0.421 e. The van der Waals surface area contributed by atoms with Gasteiger partial charge < -0.3 is 17.2 Å². The van der Waals surface area contributed by atoms with Crippen molar-refractivity contribution in [3.05, 3.63) is 8.25 Å². The Bertz CT molecular complexity index is 1260. The van der Waals surface area contributed by atoms with Crippen LogP contribution < -0.4 is 0 Å². The fourth-order valence-corrected chi connectivity index (χ4v) is 7.12. The molecule has 48 heavy (non-hydrogen) atoms. The maximum atomic E-state index is 11.4. The average Bonchev–Trinajstić information content (AvgIpc) is 3.27. The number of likely N-dealkylation sites (tertiary alicyclic amines) is 1. The van der Waals surface area contributed by atoms with E-state index in [0.717, 1.165) is 12.7 Å². The van der Waals surface area contributed by atoms with Crippen LogP contribution in [0.15, 0.2) is 0 Å². The Balaban J connectivity index is 0. The van der Waals surface area contributed by atoms with E-state index in [1.807, 2.05) is 0 Å². The predicted molar refractivity (Wildman–Crippen MR) is 147 cm³/mol. The standard InChI is InChI=1S/C16H36N2.2C2F6NO4S2/c1-5-6-13-18(15-10-11-16-18)14-9-7-8-12-17(2,3)4;2*3-1(4,5)14(10,11)9-15(12,13)2(6,7)8/h5-16H2,1-4H3;;/q+2;2*-1. The summed E-state index contributed by atoms with van der Waals surface area (Å²) in [6.07, 6.45) is 10.0. The van der Waals surface area contributed by atoms with Crippen LogP contribution in [0.5, 0.6) is 0 Å². The lowest BCUT2D eigenvalue weighted by Crippen LogP contribution is -2.46. The predicted octanol–water partition coefficient (Wildman–Crippen LogP) is 5.39. The SMILES string of the molecule is CCCC[N+]1(CCCCC[N+](C)(C)C)CCCC1.O=S(=O)([N-]S(=O)(=O)C(F)(F)F)C(F)(F)F.O=S(=O)([N-]S(=O)(=O)C(F)(F)F)C(F)(F)F. The lowest BCUT2D eigenvalue weighted by Gasteiger charge is -2.34. The summed E-state index contributed by atoms with van der Waals surface area (Å²) in [5.41, 5.74) is -24.8. The van der Waals surface area contributed by atoms with Crippen molar-refractivity contribution in [3.8, 4) is 0 Å². The van der Waals surface area contributed by atoms with Gasteiger partial charge in [-0.05, 0) is 25.7 Å². The molecular weight excluding hydrogens is 780 g/mol. The van der Waals surface area contributed by atoms with Crippen LogP contribution in [-0.2, 0) is 40.1 Å². The zero-order chi connectivity index (χ0) is 38.9. The molecule has 28 heteroatoms. The van der Waals surface area contributed by atoms with Crippen molar-refractivity contribution < 1.29 is 95.3 Å². The molecule has 0 radical (unpaired) electrons. The molecule has 1 saturated heterocycles. The normalized spacial score (nSPS) is 16.8. The molecule has 1 fully saturated rings. The molecule has 0 amide bonds. The van der Waals surface area contributed by atoms with Crippen molar-refractivity contribution in [2.45, 2.75) is 73.9 Å². The van der Waals surface area contributed by atoms with Gasteiger partial charge in [-0.1, -0.05) is 13.3 Å². The van der Waals surface area contributed by atoms with Gasteiger partial charge in [-0.25, -0.2) is 33.7 Å². The van der Waals surface area contributed by atoms with Gasteiger partial charge in [0.15, 0.2) is 40.1 Å². The van der Waals surface area contributed by atoms with Gasteiger partial charge >= 0.3 is 22.0 Å². The van der Waals surface area contributed by atoms with Crippen LogP contribution in [0, 0.1) is 0 Å². The fraction of sp³-hybridized carbons (Fsp3) is 1.00. The van der Waals surface area contributed by atoms with E-state index < -0.39 is 62.1 Å². The Labute approximate surface area is 271 Å². The van der Waals surface area contributed by atoms with E-state index >= 15 is 0 Å². The second kappa shape index (κ2) is 17.3. The summed E-state index contributed by atoms with van der Waals surface area (Å²) in [7, 11) is -20.0.